The number of aliphatic imine (C=N–C) groups is 1. The molecule has 0 unspecified atom stereocenters. The van der Waals surface area contributed by atoms with Gasteiger partial charge in [-0.25, -0.2) is 4.99 Å². The van der Waals surface area contributed by atoms with Crippen LogP contribution < -0.4 is 16.4 Å². The fourth-order valence-corrected chi connectivity index (χ4v) is 0.781. The molecule has 4 N–H and O–H groups in total. The molecule has 0 aromatic carbocycles. The number of nitrogens with one attached hydrogen (secondary N) is 2. The van der Waals surface area contributed by atoms with Crippen LogP contribution in [0.15, 0.2) is 4.99 Å². The number of nitrogens with zero attached hydrogens (tertiary/aromatic N) is 1. The molecule has 0 fully saturated rings. The van der Waals surface area contributed by atoms with E-state index in [0.29, 0.717) is 0 Å². The predicted octanol–water partition coefficient (Wildman–Crippen LogP) is -0.648. The first-order valence-electron chi connectivity index (χ1n) is 4.60. The number of rotatable bonds is 2. The SMILES string of the molecule is CC(=O)NCC(=O)NC(N)=NC(C)(C)C. The van der Waals surface area contributed by atoms with Crippen molar-refractivity contribution in [2.45, 2.75) is 33.2 Å². The van der Waals surface area contributed by atoms with E-state index in [-0.39, 0.29) is 24.0 Å². The minimum atomic E-state index is -0.393. The largest absolute Gasteiger partial charge is 0.370 e. The molecule has 0 aliphatic carbocycles. The Balaban J connectivity index is 4.08. The van der Waals surface area contributed by atoms with E-state index in [9.17, 15) is 9.59 Å². The van der Waals surface area contributed by atoms with Gasteiger partial charge >= 0.3 is 0 Å². The quantitative estimate of drug-likeness (QED) is 0.421. The van der Waals surface area contributed by atoms with Crippen molar-refractivity contribution in [2.75, 3.05) is 6.54 Å². The van der Waals surface area contributed by atoms with Gasteiger partial charge in [-0.05, 0) is 20.8 Å². The summed E-state index contributed by atoms with van der Waals surface area (Å²) in [6, 6.07) is 0. The summed E-state index contributed by atoms with van der Waals surface area (Å²) in [4.78, 5) is 25.7. The van der Waals surface area contributed by atoms with Crippen molar-refractivity contribution < 1.29 is 9.59 Å². The Hall–Kier alpha value is -1.59. The third kappa shape index (κ3) is 8.73. The second-order valence-corrected chi connectivity index (χ2v) is 4.13. The molecular formula is C9H18N4O2. The molecule has 0 aromatic rings. The van der Waals surface area contributed by atoms with Gasteiger partial charge in [0.1, 0.15) is 0 Å². The van der Waals surface area contributed by atoms with E-state index >= 15 is 0 Å². The highest BCUT2D eigenvalue weighted by Crippen LogP contribution is 2.04. The number of carbonyl (C=O) groups is 2. The molecule has 0 aliphatic heterocycles. The maximum Gasteiger partial charge on any atom is 0.246 e. The molecule has 0 aromatic heterocycles. The molecule has 0 aliphatic rings. The standard InChI is InChI=1S/C9H18N4O2/c1-6(14)11-5-7(15)12-8(10)13-9(2,3)4/h5H2,1-4H3,(H,11,14)(H3,10,12,13,15). The Bertz CT molecular complexity index is 278. The number of guanidine groups is 1. The minimum absolute atomic E-state index is 0.0536. The molecule has 0 saturated carbocycles. The molecule has 2 amide bonds. The van der Waals surface area contributed by atoms with E-state index in [1.165, 1.54) is 6.92 Å². The Morgan fingerprint density at radius 2 is 1.87 bits per heavy atom. The van der Waals surface area contributed by atoms with Gasteiger partial charge in [0.2, 0.25) is 11.8 Å². The molecule has 0 bridgehead atoms. The van der Waals surface area contributed by atoms with Crippen LogP contribution in [0.4, 0.5) is 0 Å². The highest BCUT2D eigenvalue weighted by Gasteiger charge is 2.10. The van der Waals surface area contributed by atoms with Crippen molar-refractivity contribution in [3.05, 3.63) is 0 Å². The molecule has 0 radical (unpaired) electrons. The number of amides is 2. The van der Waals surface area contributed by atoms with Crippen LogP contribution in [-0.2, 0) is 9.59 Å². The highest BCUT2D eigenvalue weighted by molar-refractivity contribution is 5.98. The summed E-state index contributed by atoms with van der Waals surface area (Å²) in [7, 11) is 0. The maximum absolute atomic E-state index is 11.2. The zero-order valence-corrected chi connectivity index (χ0v) is 9.55. The number of carbonyl (C=O) groups excluding carboxylic acids is 2. The summed E-state index contributed by atoms with van der Waals surface area (Å²) in [6.45, 7) is 6.81. The van der Waals surface area contributed by atoms with Crippen LogP contribution >= 0.6 is 0 Å². The third-order valence-electron chi connectivity index (χ3n) is 1.22. The normalized spacial score (nSPS) is 12.1. The van der Waals surface area contributed by atoms with Crippen LogP contribution in [0.25, 0.3) is 0 Å². The number of nitrogens with two attached hydrogens (primary N) is 1. The molecule has 6 heteroatoms. The van der Waals surface area contributed by atoms with Gasteiger partial charge in [0.25, 0.3) is 0 Å². The van der Waals surface area contributed by atoms with E-state index in [2.05, 4.69) is 15.6 Å². The number of hydrogen-bond acceptors (Lipinski definition) is 3. The Kier molecular flexibility index (Phi) is 4.77. The average molecular weight is 214 g/mol. The van der Waals surface area contributed by atoms with Crippen molar-refractivity contribution in [1.82, 2.24) is 10.6 Å². The Morgan fingerprint density at radius 3 is 2.27 bits per heavy atom. The van der Waals surface area contributed by atoms with Crippen LogP contribution in [0.2, 0.25) is 0 Å². The van der Waals surface area contributed by atoms with Gasteiger partial charge in [0.15, 0.2) is 5.96 Å². The van der Waals surface area contributed by atoms with E-state index in [4.69, 9.17) is 5.73 Å². The van der Waals surface area contributed by atoms with E-state index in [0.717, 1.165) is 0 Å². The molecule has 0 atom stereocenters. The van der Waals surface area contributed by atoms with Crippen LogP contribution in [0.3, 0.4) is 0 Å². The fourth-order valence-electron chi connectivity index (χ4n) is 0.781. The first-order valence-corrected chi connectivity index (χ1v) is 4.60. The van der Waals surface area contributed by atoms with Crippen molar-refractivity contribution >= 4 is 17.8 Å². The second-order valence-electron chi connectivity index (χ2n) is 4.13. The van der Waals surface area contributed by atoms with Crippen molar-refractivity contribution in [2.24, 2.45) is 10.7 Å². The van der Waals surface area contributed by atoms with Gasteiger partial charge in [-0.15, -0.1) is 0 Å². The summed E-state index contributed by atoms with van der Waals surface area (Å²) in [5, 5.41) is 4.72. The average Bonchev–Trinajstić information content (AvgIpc) is 1.96. The van der Waals surface area contributed by atoms with E-state index in [1.807, 2.05) is 20.8 Å². The molecule has 0 saturated heterocycles. The summed E-state index contributed by atoms with van der Waals surface area (Å²) in [5.74, 6) is -0.606. The van der Waals surface area contributed by atoms with Crippen molar-refractivity contribution in [3.63, 3.8) is 0 Å². The smallest absolute Gasteiger partial charge is 0.246 e. The predicted molar refractivity (Wildman–Crippen MR) is 58.2 cm³/mol. The second kappa shape index (κ2) is 5.33. The maximum atomic E-state index is 11.2. The highest BCUT2D eigenvalue weighted by atomic mass is 16.2. The zero-order valence-electron chi connectivity index (χ0n) is 9.55. The lowest BCUT2D eigenvalue weighted by atomic mass is 10.1. The van der Waals surface area contributed by atoms with Crippen LogP contribution in [0, 0.1) is 0 Å². The first-order chi connectivity index (χ1) is 6.70. The molecule has 0 heterocycles. The van der Waals surface area contributed by atoms with Crippen molar-refractivity contribution in [1.29, 1.82) is 0 Å². The van der Waals surface area contributed by atoms with Gasteiger partial charge in [-0.2, -0.15) is 0 Å². The van der Waals surface area contributed by atoms with Crippen LogP contribution in [0.1, 0.15) is 27.7 Å². The zero-order chi connectivity index (χ0) is 12.1. The molecule has 0 spiro atoms. The Morgan fingerprint density at radius 1 is 1.33 bits per heavy atom. The van der Waals surface area contributed by atoms with Gasteiger partial charge < -0.3 is 11.1 Å². The summed E-state index contributed by atoms with van der Waals surface area (Å²) >= 11 is 0. The van der Waals surface area contributed by atoms with Gasteiger partial charge in [0, 0.05) is 6.92 Å². The molecule has 15 heavy (non-hydrogen) atoms. The number of hydrogen-bond donors (Lipinski definition) is 3. The summed E-state index contributed by atoms with van der Waals surface area (Å²) < 4.78 is 0. The molecule has 86 valence electrons. The summed E-state index contributed by atoms with van der Waals surface area (Å²) in [6.07, 6.45) is 0. The van der Waals surface area contributed by atoms with Crippen LogP contribution in [0.5, 0.6) is 0 Å². The monoisotopic (exact) mass is 214 g/mol. The van der Waals surface area contributed by atoms with Crippen molar-refractivity contribution in [3.8, 4) is 0 Å². The summed E-state index contributed by atoms with van der Waals surface area (Å²) in [5.41, 5.74) is 5.13. The van der Waals surface area contributed by atoms with E-state index < -0.39 is 5.91 Å². The van der Waals surface area contributed by atoms with Gasteiger partial charge in [-0.1, -0.05) is 0 Å². The fraction of sp³-hybridized carbons (Fsp3) is 0.667. The lowest BCUT2D eigenvalue weighted by Crippen LogP contribution is -2.43. The molecule has 0 rings (SSSR count). The lowest BCUT2D eigenvalue weighted by Gasteiger charge is -2.13. The first kappa shape index (κ1) is 13.4. The van der Waals surface area contributed by atoms with Gasteiger partial charge in [0.05, 0.1) is 12.1 Å². The van der Waals surface area contributed by atoms with Crippen LogP contribution in [-0.4, -0.2) is 29.9 Å². The van der Waals surface area contributed by atoms with E-state index in [1.54, 1.807) is 0 Å². The molecular weight excluding hydrogens is 196 g/mol. The minimum Gasteiger partial charge on any atom is -0.370 e. The topological polar surface area (TPSA) is 96.6 Å². The third-order valence-corrected chi connectivity index (χ3v) is 1.22. The molecule has 6 nitrogen and oxygen atoms in total. The Labute approximate surface area is 89.3 Å². The lowest BCUT2D eigenvalue weighted by molar-refractivity contribution is -0.124. The van der Waals surface area contributed by atoms with Gasteiger partial charge in [-0.3, -0.25) is 14.9 Å².